The Kier molecular flexibility index (Phi) is 5.62. The van der Waals surface area contributed by atoms with Gasteiger partial charge in [0.15, 0.2) is 0 Å². The van der Waals surface area contributed by atoms with Crippen LogP contribution in [0, 0.1) is 0 Å². The molecule has 1 aromatic heterocycles. The van der Waals surface area contributed by atoms with Crippen LogP contribution in [0.3, 0.4) is 0 Å². The standard InChI is InChI=1S/C23H25N3OS/c1-3-16-8-10-17(11-9-16)14-26(2)21(27)15-28-23-19-6-4-5-7-20(19)24-22(25-23)18-12-13-18/h4-11,18H,3,12-15H2,1-2H3. The van der Waals surface area contributed by atoms with Crippen LogP contribution in [-0.2, 0) is 17.8 Å². The summed E-state index contributed by atoms with van der Waals surface area (Å²) < 4.78 is 0. The first-order valence-electron chi connectivity index (χ1n) is 9.85. The van der Waals surface area contributed by atoms with E-state index >= 15 is 0 Å². The molecule has 144 valence electrons. The molecule has 0 spiro atoms. The number of aryl methyl sites for hydroxylation is 1. The molecule has 5 heteroatoms. The van der Waals surface area contributed by atoms with Gasteiger partial charge >= 0.3 is 0 Å². The molecule has 3 aromatic rings. The SMILES string of the molecule is CCc1ccc(CN(C)C(=O)CSc2nc(C3CC3)nc3ccccc23)cc1. The Morgan fingerprint density at radius 2 is 1.79 bits per heavy atom. The highest BCUT2D eigenvalue weighted by molar-refractivity contribution is 8.00. The van der Waals surface area contributed by atoms with Crippen LogP contribution in [0.1, 0.15) is 42.6 Å². The molecule has 4 rings (SSSR count). The Morgan fingerprint density at radius 3 is 2.50 bits per heavy atom. The number of fused-ring (bicyclic) bond motifs is 1. The lowest BCUT2D eigenvalue weighted by Gasteiger charge is -2.17. The van der Waals surface area contributed by atoms with Crippen LogP contribution in [-0.4, -0.2) is 33.6 Å². The van der Waals surface area contributed by atoms with Gasteiger partial charge in [0, 0.05) is 24.9 Å². The number of hydrogen-bond acceptors (Lipinski definition) is 4. The van der Waals surface area contributed by atoms with Crippen LogP contribution >= 0.6 is 11.8 Å². The summed E-state index contributed by atoms with van der Waals surface area (Å²) in [5, 5.41) is 1.95. The van der Waals surface area contributed by atoms with Crippen molar-refractivity contribution in [1.82, 2.24) is 14.9 Å². The number of para-hydroxylation sites is 1. The monoisotopic (exact) mass is 391 g/mol. The summed E-state index contributed by atoms with van der Waals surface area (Å²) in [6.07, 6.45) is 3.36. The molecular formula is C23H25N3OS. The van der Waals surface area contributed by atoms with Crippen molar-refractivity contribution in [1.29, 1.82) is 0 Å². The minimum atomic E-state index is 0.111. The zero-order chi connectivity index (χ0) is 19.5. The number of nitrogens with zero attached hydrogens (tertiary/aromatic N) is 3. The van der Waals surface area contributed by atoms with Gasteiger partial charge in [-0.1, -0.05) is 61.2 Å². The van der Waals surface area contributed by atoms with Crippen LogP contribution in [0.15, 0.2) is 53.6 Å². The molecule has 1 saturated carbocycles. The summed E-state index contributed by atoms with van der Waals surface area (Å²) in [4.78, 5) is 24.0. The summed E-state index contributed by atoms with van der Waals surface area (Å²) >= 11 is 1.52. The zero-order valence-electron chi connectivity index (χ0n) is 16.4. The van der Waals surface area contributed by atoms with Gasteiger partial charge in [-0.05, 0) is 36.5 Å². The number of thioether (sulfide) groups is 1. The van der Waals surface area contributed by atoms with Crippen molar-refractivity contribution in [2.24, 2.45) is 0 Å². The van der Waals surface area contributed by atoms with Gasteiger partial charge in [-0.2, -0.15) is 0 Å². The van der Waals surface area contributed by atoms with Crippen LogP contribution < -0.4 is 0 Å². The molecule has 1 fully saturated rings. The predicted molar refractivity (Wildman–Crippen MR) is 115 cm³/mol. The Morgan fingerprint density at radius 1 is 1.07 bits per heavy atom. The predicted octanol–water partition coefficient (Wildman–Crippen LogP) is 4.82. The average molecular weight is 392 g/mol. The average Bonchev–Trinajstić information content (AvgIpc) is 3.57. The lowest BCUT2D eigenvalue weighted by molar-refractivity contribution is -0.127. The Bertz CT molecular complexity index is 983. The van der Waals surface area contributed by atoms with E-state index in [-0.39, 0.29) is 5.91 Å². The molecule has 0 aliphatic heterocycles. The molecule has 1 amide bonds. The van der Waals surface area contributed by atoms with Crippen molar-refractivity contribution in [2.45, 2.75) is 43.7 Å². The van der Waals surface area contributed by atoms with E-state index in [9.17, 15) is 4.79 Å². The van der Waals surface area contributed by atoms with Gasteiger partial charge in [0.25, 0.3) is 0 Å². The molecule has 4 nitrogen and oxygen atoms in total. The summed E-state index contributed by atoms with van der Waals surface area (Å²) in [6, 6.07) is 16.6. The number of benzene rings is 2. The van der Waals surface area contributed by atoms with Gasteiger partial charge in [0.1, 0.15) is 10.9 Å². The van der Waals surface area contributed by atoms with Gasteiger partial charge in [-0.15, -0.1) is 0 Å². The van der Waals surface area contributed by atoms with Crippen molar-refractivity contribution in [3.63, 3.8) is 0 Å². The second-order valence-electron chi connectivity index (χ2n) is 7.39. The summed E-state index contributed by atoms with van der Waals surface area (Å²) in [5.74, 6) is 1.92. The number of hydrogen-bond donors (Lipinski definition) is 0. The van der Waals surface area contributed by atoms with E-state index < -0.39 is 0 Å². The molecule has 0 saturated heterocycles. The highest BCUT2D eigenvalue weighted by Gasteiger charge is 2.27. The highest BCUT2D eigenvalue weighted by Crippen LogP contribution is 2.39. The second-order valence-corrected chi connectivity index (χ2v) is 8.35. The maximum Gasteiger partial charge on any atom is 0.233 e. The number of rotatable bonds is 7. The lowest BCUT2D eigenvalue weighted by atomic mass is 10.1. The van der Waals surface area contributed by atoms with Gasteiger partial charge in [-0.25, -0.2) is 9.97 Å². The number of aromatic nitrogens is 2. The van der Waals surface area contributed by atoms with Gasteiger partial charge in [-0.3, -0.25) is 4.79 Å². The van der Waals surface area contributed by atoms with E-state index in [0.29, 0.717) is 18.2 Å². The van der Waals surface area contributed by atoms with Gasteiger partial charge in [0.05, 0.1) is 11.3 Å². The molecule has 0 N–H and O–H groups in total. The van der Waals surface area contributed by atoms with Crippen LogP contribution in [0.4, 0.5) is 0 Å². The topological polar surface area (TPSA) is 46.1 Å². The van der Waals surface area contributed by atoms with Crippen LogP contribution in [0.5, 0.6) is 0 Å². The Balaban J connectivity index is 1.43. The lowest BCUT2D eigenvalue weighted by Crippen LogP contribution is -2.27. The minimum absolute atomic E-state index is 0.111. The summed E-state index contributed by atoms with van der Waals surface area (Å²) in [5.41, 5.74) is 3.44. The van der Waals surface area contributed by atoms with E-state index in [0.717, 1.165) is 33.7 Å². The third-order valence-corrected chi connectivity index (χ3v) is 6.11. The molecule has 1 aliphatic rings. The Hall–Kier alpha value is -2.40. The number of carbonyl (C=O) groups excluding carboxylic acids is 1. The highest BCUT2D eigenvalue weighted by atomic mass is 32.2. The smallest absolute Gasteiger partial charge is 0.233 e. The number of amides is 1. The fraction of sp³-hybridized carbons (Fsp3) is 0.348. The van der Waals surface area contributed by atoms with E-state index in [2.05, 4.69) is 31.2 Å². The molecule has 0 bridgehead atoms. The van der Waals surface area contributed by atoms with Gasteiger partial charge in [0.2, 0.25) is 5.91 Å². The second kappa shape index (κ2) is 8.31. The zero-order valence-corrected chi connectivity index (χ0v) is 17.2. The number of carbonyl (C=O) groups is 1. The quantitative estimate of drug-likeness (QED) is 0.428. The van der Waals surface area contributed by atoms with E-state index in [1.54, 1.807) is 4.90 Å². The maximum absolute atomic E-state index is 12.7. The van der Waals surface area contributed by atoms with Crippen LogP contribution in [0.25, 0.3) is 10.9 Å². The van der Waals surface area contributed by atoms with E-state index in [1.165, 1.54) is 30.2 Å². The molecule has 0 atom stereocenters. The fourth-order valence-corrected chi connectivity index (χ4v) is 4.15. The van der Waals surface area contributed by atoms with Crippen LogP contribution in [0.2, 0.25) is 0 Å². The molecule has 28 heavy (non-hydrogen) atoms. The Labute approximate surface area is 170 Å². The third-order valence-electron chi connectivity index (χ3n) is 5.14. The molecule has 0 unspecified atom stereocenters. The van der Waals surface area contributed by atoms with E-state index in [4.69, 9.17) is 9.97 Å². The van der Waals surface area contributed by atoms with E-state index in [1.807, 2.05) is 31.3 Å². The normalized spacial score (nSPS) is 13.6. The molecule has 2 aromatic carbocycles. The summed E-state index contributed by atoms with van der Waals surface area (Å²) in [6.45, 7) is 2.77. The van der Waals surface area contributed by atoms with Crippen molar-refractivity contribution in [3.8, 4) is 0 Å². The first kappa shape index (κ1) is 18.9. The first-order valence-corrected chi connectivity index (χ1v) is 10.8. The molecule has 1 heterocycles. The first-order chi connectivity index (χ1) is 13.6. The van der Waals surface area contributed by atoms with Crippen molar-refractivity contribution < 1.29 is 4.79 Å². The molecule has 0 radical (unpaired) electrons. The summed E-state index contributed by atoms with van der Waals surface area (Å²) in [7, 11) is 1.87. The van der Waals surface area contributed by atoms with Crippen molar-refractivity contribution >= 4 is 28.6 Å². The third kappa shape index (κ3) is 4.36. The fourth-order valence-electron chi connectivity index (χ4n) is 3.18. The van der Waals surface area contributed by atoms with Gasteiger partial charge < -0.3 is 4.90 Å². The minimum Gasteiger partial charge on any atom is -0.341 e. The molecular weight excluding hydrogens is 366 g/mol. The molecule has 1 aliphatic carbocycles. The largest absolute Gasteiger partial charge is 0.341 e. The van der Waals surface area contributed by atoms with Crippen molar-refractivity contribution in [2.75, 3.05) is 12.8 Å². The van der Waals surface area contributed by atoms with Crippen molar-refractivity contribution in [3.05, 3.63) is 65.5 Å². The maximum atomic E-state index is 12.7.